The van der Waals surface area contributed by atoms with Crippen LogP contribution in [0.25, 0.3) is 0 Å². The van der Waals surface area contributed by atoms with Gasteiger partial charge in [0.2, 0.25) is 0 Å². The van der Waals surface area contributed by atoms with E-state index in [2.05, 4.69) is 6.07 Å². The molecule has 25 heavy (non-hydrogen) atoms. The van der Waals surface area contributed by atoms with Crippen LogP contribution in [0.15, 0.2) is 59.5 Å². The Bertz CT molecular complexity index is 885. The van der Waals surface area contributed by atoms with Gasteiger partial charge in [0.1, 0.15) is 5.41 Å². The highest BCUT2D eigenvalue weighted by atomic mass is 32.2. The quantitative estimate of drug-likeness (QED) is 0.795. The topological polar surface area (TPSA) is 67.2 Å². The van der Waals surface area contributed by atoms with Crippen molar-refractivity contribution in [2.24, 2.45) is 5.41 Å². The Morgan fingerprint density at radius 1 is 1.12 bits per heavy atom. The van der Waals surface area contributed by atoms with Gasteiger partial charge in [-0.1, -0.05) is 48.0 Å². The first-order valence-electron chi connectivity index (χ1n) is 8.32. The lowest BCUT2D eigenvalue weighted by atomic mass is 10.0. The molecule has 0 aromatic heterocycles. The van der Waals surface area contributed by atoms with E-state index in [0.717, 1.165) is 11.1 Å². The molecule has 0 spiro atoms. The maximum Gasteiger partial charge on any atom is 0.183 e. The van der Waals surface area contributed by atoms with Gasteiger partial charge in [-0.2, -0.15) is 5.26 Å². The second kappa shape index (κ2) is 6.62. The van der Waals surface area contributed by atoms with Gasteiger partial charge in [-0.05, 0) is 31.5 Å². The molecule has 3 atom stereocenters. The second-order valence-corrected chi connectivity index (χ2v) is 8.53. The lowest BCUT2D eigenvalue weighted by Crippen LogP contribution is -2.19. The minimum absolute atomic E-state index is 0.120. The standard InChI is InChI=1S/C20H21NO3S/c1-3-24-14-20(13-21)18(16-7-5-4-6-8-16)19(20)25(22,23)17-11-9-15(2)10-12-17/h4-12,18-19H,3,14H2,1-2H3. The van der Waals surface area contributed by atoms with E-state index in [1.54, 1.807) is 24.3 Å². The zero-order valence-corrected chi connectivity index (χ0v) is 15.2. The molecule has 1 saturated carbocycles. The number of aryl methyl sites for hydroxylation is 1. The number of nitrogens with zero attached hydrogens (tertiary/aromatic N) is 1. The van der Waals surface area contributed by atoms with Crippen molar-refractivity contribution in [3.63, 3.8) is 0 Å². The van der Waals surface area contributed by atoms with Gasteiger partial charge in [-0.15, -0.1) is 0 Å². The van der Waals surface area contributed by atoms with Crippen molar-refractivity contribution >= 4 is 9.84 Å². The number of nitriles is 1. The number of rotatable bonds is 6. The Morgan fingerprint density at radius 3 is 2.32 bits per heavy atom. The van der Waals surface area contributed by atoms with Crippen molar-refractivity contribution < 1.29 is 13.2 Å². The average molecular weight is 355 g/mol. The van der Waals surface area contributed by atoms with E-state index >= 15 is 0 Å². The number of sulfone groups is 1. The Balaban J connectivity index is 2.05. The van der Waals surface area contributed by atoms with E-state index in [4.69, 9.17) is 4.74 Å². The fourth-order valence-electron chi connectivity index (χ4n) is 3.48. The van der Waals surface area contributed by atoms with E-state index < -0.39 is 20.5 Å². The molecule has 0 aliphatic heterocycles. The maximum atomic E-state index is 13.2. The van der Waals surface area contributed by atoms with Crippen LogP contribution in [0.3, 0.4) is 0 Å². The predicted octanol–water partition coefficient (Wildman–Crippen LogP) is 3.48. The van der Waals surface area contributed by atoms with Crippen LogP contribution in [0, 0.1) is 23.7 Å². The summed E-state index contributed by atoms with van der Waals surface area (Å²) in [7, 11) is -3.63. The highest BCUT2D eigenvalue weighted by molar-refractivity contribution is 7.92. The first kappa shape index (κ1) is 17.7. The zero-order chi connectivity index (χ0) is 18.1. The molecule has 4 nitrogen and oxygen atoms in total. The third-order valence-corrected chi connectivity index (χ3v) is 7.14. The third kappa shape index (κ3) is 2.97. The van der Waals surface area contributed by atoms with Crippen LogP contribution in [0.2, 0.25) is 0 Å². The Hall–Kier alpha value is -2.16. The van der Waals surface area contributed by atoms with Gasteiger partial charge in [0, 0.05) is 12.5 Å². The largest absolute Gasteiger partial charge is 0.380 e. The summed E-state index contributed by atoms with van der Waals surface area (Å²) in [5.41, 5.74) is 0.820. The molecule has 0 amide bonds. The molecular weight excluding hydrogens is 334 g/mol. The SMILES string of the molecule is CCOCC1(C#N)C(c2ccccc2)C1S(=O)(=O)c1ccc(C)cc1. The first-order chi connectivity index (χ1) is 12.0. The molecule has 1 aliphatic carbocycles. The highest BCUT2D eigenvalue weighted by Crippen LogP contribution is 2.63. The fraction of sp³-hybridized carbons (Fsp3) is 0.350. The monoisotopic (exact) mass is 355 g/mol. The van der Waals surface area contributed by atoms with Crippen molar-refractivity contribution in [3.05, 3.63) is 65.7 Å². The number of ether oxygens (including phenoxy) is 1. The summed E-state index contributed by atoms with van der Waals surface area (Å²) in [5.74, 6) is -0.378. The molecule has 0 radical (unpaired) electrons. The van der Waals surface area contributed by atoms with Crippen LogP contribution in [0.5, 0.6) is 0 Å². The number of hydrogen-bond acceptors (Lipinski definition) is 4. The summed E-state index contributed by atoms with van der Waals surface area (Å²) in [6.45, 7) is 4.32. The Morgan fingerprint density at radius 2 is 1.76 bits per heavy atom. The van der Waals surface area contributed by atoms with Crippen LogP contribution >= 0.6 is 0 Å². The van der Waals surface area contributed by atoms with E-state index in [9.17, 15) is 13.7 Å². The summed E-state index contributed by atoms with van der Waals surface area (Å²) in [6, 6.07) is 18.4. The molecule has 0 N–H and O–H groups in total. The van der Waals surface area contributed by atoms with Crippen LogP contribution in [0.4, 0.5) is 0 Å². The Kier molecular flexibility index (Phi) is 4.68. The molecule has 1 fully saturated rings. The van der Waals surface area contributed by atoms with Crippen LogP contribution in [-0.2, 0) is 14.6 Å². The van der Waals surface area contributed by atoms with Gasteiger partial charge in [-0.3, -0.25) is 0 Å². The molecule has 1 aliphatic rings. The summed E-state index contributed by atoms with van der Waals surface area (Å²) in [6.07, 6.45) is 0. The molecule has 2 aromatic carbocycles. The fourth-order valence-corrected chi connectivity index (χ4v) is 5.79. The van der Waals surface area contributed by atoms with E-state index in [-0.39, 0.29) is 17.4 Å². The van der Waals surface area contributed by atoms with Crippen molar-refractivity contribution in [1.82, 2.24) is 0 Å². The lowest BCUT2D eigenvalue weighted by Gasteiger charge is -2.10. The van der Waals surface area contributed by atoms with Gasteiger partial charge in [0.15, 0.2) is 9.84 Å². The predicted molar refractivity (Wildman–Crippen MR) is 95.9 cm³/mol. The number of hydrogen-bond donors (Lipinski definition) is 0. The van der Waals surface area contributed by atoms with Gasteiger partial charge in [0.05, 0.1) is 22.8 Å². The third-order valence-electron chi connectivity index (χ3n) is 4.85. The van der Waals surface area contributed by atoms with Gasteiger partial charge < -0.3 is 4.74 Å². The minimum atomic E-state index is -3.63. The van der Waals surface area contributed by atoms with Gasteiger partial charge in [-0.25, -0.2) is 8.42 Å². The molecule has 3 rings (SSSR count). The summed E-state index contributed by atoms with van der Waals surface area (Å²) < 4.78 is 31.9. The van der Waals surface area contributed by atoms with Crippen LogP contribution in [-0.4, -0.2) is 26.9 Å². The van der Waals surface area contributed by atoms with Crippen LogP contribution in [0.1, 0.15) is 24.0 Å². The van der Waals surface area contributed by atoms with Gasteiger partial charge in [0.25, 0.3) is 0 Å². The first-order valence-corrected chi connectivity index (χ1v) is 9.86. The molecule has 3 unspecified atom stereocenters. The minimum Gasteiger partial charge on any atom is -0.380 e. The molecule has 5 heteroatoms. The Labute approximate surface area is 149 Å². The molecule has 0 saturated heterocycles. The normalized spacial score (nSPS) is 25.3. The van der Waals surface area contributed by atoms with Crippen molar-refractivity contribution in [2.45, 2.75) is 29.9 Å². The number of benzene rings is 2. The van der Waals surface area contributed by atoms with E-state index in [1.807, 2.05) is 44.2 Å². The molecule has 130 valence electrons. The summed E-state index contributed by atoms with van der Waals surface area (Å²) >= 11 is 0. The zero-order valence-electron chi connectivity index (χ0n) is 14.3. The molecular formula is C20H21NO3S. The van der Waals surface area contributed by atoms with Crippen molar-refractivity contribution in [2.75, 3.05) is 13.2 Å². The summed E-state index contributed by atoms with van der Waals surface area (Å²) in [5, 5.41) is 9.06. The van der Waals surface area contributed by atoms with E-state index in [0.29, 0.717) is 6.61 Å². The smallest absolute Gasteiger partial charge is 0.183 e. The second-order valence-electron chi connectivity index (χ2n) is 6.46. The van der Waals surface area contributed by atoms with Crippen LogP contribution < -0.4 is 0 Å². The molecule has 2 aromatic rings. The highest BCUT2D eigenvalue weighted by Gasteiger charge is 2.72. The van der Waals surface area contributed by atoms with Gasteiger partial charge >= 0.3 is 0 Å². The molecule has 0 heterocycles. The maximum absolute atomic E-state index is 13.2. The average Bonchev–Trinajstić information content (AvgIpc) is 3.31. The van der Waals surface area contributed by atoms with E-state index in [1.165, 1.54) is 0 Å². The lowest BCUT2D eigenvalue weighted by molar-refractivity contribution is 0.117. The molecule has 0 bridgehead atoms. The van der Waals surface area contributed by atoms with Crippen molar-refractivity contribution in [3.8, 4) is 6.07 Å². The summed E-state index contributed by atoms with van der Waals surface area (Å²) in [4.78, 5) is 0.262. The van der Waals surface area contributed by atoms with Crippen molar-refractivity contribution in [1.29, 1.82) is 5.26 Å².